The second-order valence-corrected chi connectivity index (χ2v) is 11.6. The molecule has 1 aromatic heterocycles. The largest absolute Gasteiger partial charge is 0.417 e. The number of fused-ring (bicyclic) bond motifs is 2. The maximum absolute atomic E-state index is 13.7. The lowest BCUT2D eigenvalue weighted by Crippen LogP contribution is -2.41. The number of carbonyl (C=O) groups is 1. The summed E-state index contributed by atoms with van der Waals surface area (Å²) in [5.74, 6) is 0. The molecule has 3 aromatic rings. The van der Waals surface area contributed by atoms with Crippen molar-refractivity contribution in [1.29, 1.82) is 0 Å². The highest BCUT2D eigenvalue weighted by atomic mass is 32.2. The van der Waals surface area contributed by atoms with Crippen LogP contribution in [0.15, 0.2) is 65.8 Å². The van der Waals surface area contributed by atoms with Crippen LogP contribution in [0, 0.1) is 0 Å². The molecule has 200 valence electrons. The number of aromatic nitrogens is 1. The number of hydrogen-bond donors (Lipinski definition) is 2. The van der Waals surface area contributed by atoms with Gasteiger partial charge in [-0.3, -0.25) is 9.88 Å². The molecule has 5 rings (SSSR count). The second-order valence-electron chi connectivity index (χ2n) is 9.73. The predicted molar refractivity (Wildman–Crippen MR) is 137 cm³/mol. The molecule has 2 heterocycles. The van der Waals surface area contributed by atoms with Crippen LogP contribution in [0.1, 0.15) is 42.4 Å². The van der Waals surface area contributed by atoms with Gasteiger partial charge in [-0.15, -0.1) is 0 Å². The second kappa shape index (κ2) is 9.70. The Morgan fingerprint density at radius 1 is 1.08 bits per heavy atom. The molecule has 0 atom stereocenters. The molecule has 11 heteroatoms. The number of pyridine rings is 1. The molecule has 0 bridgehead atoms. The number of halogens is 3. The van der Waals surface area contributed by atoms with E-state index < -0.39 is 21.8 Å². The molecule has 1 saturated carbocycles. The molecule has 2 aliphatic rings. The lowest BCUT2D eigenvalue weighted by molar-refractivity contribution is -0.137. The first-order valence-electron chi connectivity index (χ1n) is 12.3. The summed E-state index contributed by atoms with van der Waals surface area (Å²) in [6, 6.07) is 12.0. The van der Waals surface area contributed by atoms with Gasteiger partial charge in [-0.05, 0) is 66.9 Å². The fourth-order valence-electron chi connectivity index (χ4n) is 5.55. The molecule has 1 aliphatic carbocycles. The Labute approximate surface area is 219 Å². The van der Waals surface area contributed by atoms with E-state index in [1.807, 2.05) is 0 Å². The van der Waals surface area contributed by atoms with Crippen molar-refractivity contribution in [3.05, 3.63) is 77.6 Å². The van der Waals surface area contributed by atoms with Crippen molar-refractivity contribution in [1.82, 2.24) is 15.0 Å². The van der Waals surface area contributed by atoms with Crippen molar-refractivity contribution in [2.45, 2.75) is 48.7 Å². The number of sulfonamides is 1. The van der Waals surface area contributed by atoms with E-state index in [1.165, 1.54) is 25.4 Å². The molecule has 0 saturated heterocycles. The van der Waals surface area contributed by atoms with E-state index in [9.17, 15) is 26.4 Å². The Morgan fingerprint density at radius 2 is 1.79 bits per heavy atom. The number of nitrogens with one attached hydrogen (secondary N) is 2. The number of alkyl halides is 3. The highest BCUT2D eigenvalue weighted by molar-refractivity contribution is 7.89. The first-order chi connectivity index (χ1) is 18.0. The van der Waals surface area contributed by atoms with Gasteiger partial charge in [0, 0.05) is 42.1 Å². The highest BCUT2D eigenvalue weighted by Gasteiger charge is 2.46. The van der Waals surface area contributed by atoms with Gasteiger partial charge in [0.1, 0.15) is 0 Å². The molecular formula is C27H27F3N4O3S. The van der Waals surface area contributed by atoms with Crippen LogP contribution in [-0.2, 0) is 28.2 Å². The van der Waals surface area contributed by atoms with Crippen molar-refractivity contribution < 1.29 is 26.4 Å². The summed E-state index contributed by atoms with van der Waals surface area (Å²) in [6.07, 6.45) is 1.55. The van der Waals surface area contributed by atoms with Crippen molar-refractivity contribution in [3.8, 4) is 11.1 Å². The van der Waals surface area contributed by atoms with Gasteiger partial charge in [-0.1, -0.05) is 31.0 Å². The SMILES string of the molecule is CNS(=O)(=O)c1ccc(CNC(=O)N2CC3(CCCC3)c3cc(-c4cnccc4C(F)(F)F)ccc32)cc1. The fraction of sp³-hybridized carbons (Fsp3) is 0.333. The maximum Gasteiger partial charge on any atom is 0.417 e. The van der Waals surface area contributed by atoms with Crippen molar-refractivity contribution in [2.24, 2.45) is 0 Å². The first-order valence-corrected chi connectivity index (χ1v) is 13.8. The minimum Gasteiger partial charge on any atom is -0.334 e. The Hall–Kier alpha value is -3.44. The minimum atomic E-state index is -4.51. The van der Waals surface area contributed by atoms with Crippen LogP contribution in [0.2, 0.25) is 0 Å². The number of nitrogens with zero attached hydrogens (tertiary/aromatic N) is 2. The molecule has 38 heavy (non-hydrogen) atoms. The molecule has 2 amide bonds. The Kier molecular flexibility index (Phi) is 6.68. The van der Waals surface area contributed by atoms with Gasteiger partial charge < -0.3 is 5.32 Å². The molecular weight excluding hydrogens is 517 g/mol. The van der Waals surface area contributed by atoms with Gasteiger partial charge in [0.2, 0.25) is 10.0 Å². The van der Waals surface area contributed by atoms with E-state index >= 15 is 0 Å². The predicted octanol–water partition coefficient (Wildman–Crippen LogP) is 5.22. The summed E-state index contributed by atoms with van der Waals surface area (Å²) in [7, 11) is -2.22. The van der Waals surface area contributed by atoms with Crippen LogP contribution < -0.4 is 14.9 Å². The van der Waals surface area contributed by atoms with E-state index in [-0.39, 0.29) is 28.4 Å². The Balaban J connectivity index is 1.41. The lowest BCUT2D eigenvalue weighted by atomic mass is 9.80. The number of anilines is 1. The topological polar surface area (TPSA) is 91.4 Å². The monoisotopic (exact) mass is 544 g/mol. The molecule has 1 aliphatic heterocycles. The standard InChI is InChI=1S/C27H27F3N4O3S/c1-31-38(36,37)20-7-4-18(5-8-20)15-33-25(35)34-17-26(11-2-3-12-26)23-14-19(6-9-24(23)34)21-16-32-13-10-22(21)27(28,29)30/h4-10,13-14,16,31H,2-3,11-12,15,17H2,1H3,(H,33,35). The van der Waals surface area contributed by atoms with Crippen LogP contribution in [-0.4, -0.2) is 33.0 Å². The summed E-state index contributed by atoms with van der Waals surface area (Å²) >= 11 is 0. The maximum atomic E-state index is 13.7. The molecule has 7 nitrogen and oxygen atoms in total. The fourth-order valence-corrected chi connectivity index (χ4v) is 6.28. The van der Waals surface area contributed by atoms with Crippen LogP contribution in [0.5, 0.6) is 0 Å². The number of benzene rings is 2. The summed E-state index contributed by atoms with van der Waals surface area (Å²) in [4.78, 5) is 19.0. The molecule has 0 radical (unpaired) electrons. The van der Waals surface area contributed by atoms with Crippen molar-refractivity contribution in [2.75, 3.05) is 18.5 Å². The van der Waals surface area contributed by atoms with Crippen LogP contribution in [0.3, 0.4) is 0 Å². The van der Waals surface area contributed by atoms with Gasteiger partial charge in [-0.25, -0.2) is 17.9 Å². The van der Waals surface area contributed by atoms with Crippen LogP contribution in [0.25, 0.3) is 11.1 Å². The van der Waals surface area contributed by atoms with E-state index in [1.54, 1.807) is 35.2 Å². The van der Waals surface area contributed by atoms with Gasteiger partial charge in [0.25, 0.3) is 0 Å². The van der Waals surface area contributed by atoms with Gasteiger partial charge in [-0.2, -0.15) is 13.2 Å². The zero-order valence-electron chi connectivity index (χ0n) is 20.7. The van der Waals surface area contributed by atoms with E-state index in [2.05, 4.69) is 15.0 Å². The average molecular weight is 545 g/mol. The van der Waals surface area contributed by atoms with Crippen molar-refractivity contribution >= 4 is 21.7 Å². The zero-order valence-corrected chi connectivity index (χ0v) is 21.5. The van der Waals surface area contributed by atoms with E-state index in [0.717, 1.165) is 49.1 Å². The third-order valence-corrected chi connectivity index (χ3v) is 8.94. The first kappa shape index (κ1) is 26.2. The minimum absolute atomic E-state index is 0.0163. The third kappa shape index (κ3) is 4.76. The smallest absolute Gasteiger partial charge is 0.334 e. The molecule has 2 N–H and O–H groups in total. The number of hydrogen-bond acceptors (Lipinski definition) is 4. The molecule has 1 fully saturated rings. The number of carbonyl (C=O) groups excluding carboxylic acids is 1. The summed E-state index contributed by atoms with van der Waals surface area (Å²) in [5.41, 5.74) is 1.72. The zero-order chi connectivity index (χ0) is 27.1. The molecule has 1 spiro atoms. The van der Waals surface area contributed by atoms with E-state index in [0.29, 0.717) is 17.8 Å². The lowest BCUT2D eigenvalue weighted by Gasteiger charge is -2.25. The third-order valence-electron chi connectivity index (χ3n) is 7.51. The Morgan fingerprint density at radius 3 is 2.45 bits per heavy atom. The van der Waals surface area contributed by atoms with Gasteiger partial charge in [0.15, 0.2) is 0 Å². The molecule has 0 unspecified atom stereocenters. The van der Waals surface area contributed by atoms with Crippen LogP contribution in [0.4, 0.5) is 23.7 Å². The van der Waals surface area contributed by atoms with Gasteiger partial charge in [0.05, 0.1) is 10.5 Å². The van der Waals surface area contributed by atoms with Gasteiger partial charge >= 0.3 is 12.2 Å². The number of amides is 2. The van der Waals surface area contributed by atoms with E-state index in [4.69, 9.17) is 0 Å². The average Bonchev–Trinajstić information content (AvgIpc) is 3.52. The van der Waals surface area contributed by atoms with Crippen LogP contribution >= 0.6 is 0 Å². The Bertz CT molecular complexity index is 1470. The quantitative estimate of drug-likeness (QED) is 0.461. The number of urea groups is 1. The summed E-state index contributed by atoms with van der Waals surface area (Å²) < 4.78 is 67.1. The van der Waals surface area contributed by atoms with Crippen molar-refractivity contribution in [3.63, 3.8) is 0 Å². The summed E-state index contributed by atoms with van der Waals surface area (Å²) in [6.45, 7) is 0.649. The number of rotatable bonds is 5. The highest BCUT2D eigenvalue weighted by Crippen LogP contribution is 2.51. The normalized spacial score (nSPS) is 16.6. The molecule has 2 aromatic carbocycles. The summed E-state index contributed by atoms with van der Waals surface area (Å²) in [5, 5.41) is 2.90.